The van der Waals surface area contributed by atoms with Crippen LogP contribution in [0.25, 0.3) is 6.08 Å². The van der Waals surface area contributed by atoms with E-state index in [2.05, 4.69) is 56.4 Å². The van der Waals surface area contributed by atoms with Gasteiger partial charge in [-0.3, -0.25) is 19.9 Å². The number of allylic oxidation sites excluding steroid dienone is 1. The van der Waals surface area contributed by atoms with Crippen molar-refractivity contribution in [1.29, 1.82) is 5.41 Å². The third-order valence-electron chi connectivity index (χ3n) is 10.3. The van der Waals surface area contributed by atoms with Crippen LogP contribution in [-0.4, -0.2) is 45.9 Å². The lowest BCUT2D eigenvalue weighted by Crippen LogP contribution is -2.63. The van der Waals surface area contributed by atoms with Crippen molar-refractivity contribution in [3.05, 3.63) is 70.3 Å². The summed E-state index contributed by atoms with van der Waals surface area (Å²) >= 11 is 0. The number of aliphatic hydroxyl groups excluding tert-OH is 1. The van der Waals surface area contributed by atoms with Gasteiger partial charge in [-0.1, -0.05) is 51.1 Å². The number of Topliss-reactive ketones (excluding diaryl/α,β-unsaturated/α-hetero) is 1. The van der Waals surface area contributed by atoms with Crippen LogP contribution in [0.3, 0.4) is 0 Å². The van der Waals surface area contributed by atoms with E-state index in [4.69, 9.17) is 10.1 Å². The zero-order valence-corrected chi connectivity index (χ0v) is 25.2. The summed E-state index contributed by atoms with van der Waals surface area (Å²) in [6.07, 6.45) is 9.33. The second-order valence-electron chi connectivity index (χ2n) is 13.2. The molecule has 3 N–H and O–H groups in total. The molecule has 2 aromatic carbocycles. The Morgan fingerprint density at radius 3 is 2.67 bits per heavy atom. The number of ketones is 1. The molecule has 42 heavy (non-hydrogen) atoms. The second kappa shape index (κ2) is 10.7. The first-order valence-corrected chi connectivity index (χ1v) is 15.5. The number of rotatable bonds is 8. The number of amides is 1. The van der Waals surface area contributed by atoms with Gasteiger partial charge in [-0.15, -0.1) is 0 Å². The first kappa shape index (κ1) is 28.7. The van der Waals surface area contributed by atoms with E-state index < -0.39 is 5.54 Å². The van der Waals surface area contributed by atoms with Gasteiger partial charge in [-0.25, -0.2) is 0 Å². The molecule has 2 aliphatic heterocycles. The Hall–Kier alpha value is -3.45. The van der Waals surface area contributed by atoms with E-state index in [1.165, 1.54) is 18.1 Å². The lowest BCUT2D eigenvalue weighted by atomic mass is 9.83. The van der Waals surface area contributed by atoms with Crippen molar-refractivity contribution < 1.29 is 19.4 Å². The zero-order chi connectivity index (χ0) is 29.8. The number of carbonyl (C=O) groups is 2. The summed E-state index contributed by atoms with van der Waals surface area (Å²) in [5.41, 5.74) is 4.66. The summed E-state index contributed by atoms with van der Waals surface area (Å²) in [7, 11) is 0. The van der Waals surface area contributed by atoms with Crippen molar-refractivity contribution in [1.82, 2.24) is 10.2 Å². The topological polar surface area (TPSA) is 103 Å². The number of fused-ring (bicyclic) bond motifs is 3. The van der Waals surface area contributed by atoms with Gasteiger partial charge in [0.05, 0.1) is 25.2 Å². The molecule has 1 amide bonds. The fourth-order valence-electron chi connectivity index (χ4n) is 7.68. The summed E-state index contributed by atoms with van der Waals surface area (Å²) in [6.45, 7) is 8.46. The number of hydrogen-bond acceptors (Lipinski definition) is 5. The summed E-state index contributed by atoms with van der Waals surface area (Å²) < 4.78 is 5.81. The predicted molar refractivity (Wildman–Crippen MR) is 164 cm³/mol. The van der Waals surface area contributed by atoms with Crippen molar-refractivity contribution in [2.24, 2.45) is 5.92 Å². The van der Waals surface area contributed by atoms with Gasteiger partial charge in [-0.05, 0) is 79.8 Å². The van der Waals surface area contributed by atoms with Crippen molar-refractivity contribution >= 4 is 23.7 Å². The van der Waals surface area contributed by atoms with E-state index in [0.29, 0.717) is 36.7 Å². The Labute approximate surface area is 248 Å². The number of guanidine groups is 1. The normalized spacial score (nSPS) is 27.7. The molecule has 2 unspecified atom stereocenters. The molecule has 7 heteroatoms. The number of nitrogens with zero attached hydrogens (tertiary/aromatic N) is 1. The number of carbonyl (C=O) groups excluding carboxylic acids is 2. The van der Waals surface area contributed by atoms with Crippen molar-refractivity contribution in [3.63, 3.8) is 0 Å². The highest BCUT2D eigenvalue weighted by atomic mass is 16.5. The van der Waals surface area contributed by atoms with Crippen LogP contribution in [0.5, 0.6) is 5.75 Å². The number of hydrogen-bond donors (Lipinski definition) is 3. The fourth-order valence-corrected chi connectivity index (χ4v) is 7.68. The average molecular weight is 570 g/mol. The van der Waals surface area contributed by atoms with E-state index >= 15 is 0 Å². The SMILES string of the molecule is CC[C@@]1(CC/C=C\c2ccc3c(c2)C(C(C)C)C(O)C32CC2)CC(=O)N([C@@H]2CCOc3ccc(C(C)=O)cc32)C(=N)N1. The third kappa shape index (κ3) is 4.76. The summed E-state index contributed by atoms with van der Waals surface area (Å²) in [5, 5.41) is 23.4. The number of ether oxygens (including phenoxy) is 1. The standard InChI is InChI=1S/C35H43N3O4/c1-5-34(14-7-6-8-23-9-11-27-25(18-23)31(21(2)3)32(41)35(27)15-16-35)20-30(40)38(33(36)37-34)28-13-17-42-29-12-10-24(22(4)39)19-26(28)29/h6,8-12,18-19,21,28,31-32,41H,5,7,13-17,20H2,1-4H3,(H2,36,37)/b8-6-/t28-,31?,32?,34-/m1/s1. The van der Waals surface area contributed by atoms with Gasteiger partial charge < -0.3 is 15.2 Å². The van der Waals surface area contributed by atoms with Crippen molar-refractivity contribution in [2.45, 2.75) is 102 Å². The van der Waals surface area contributed by atoms with Crippen LogP contribution < -0.4 is 10.1 Å². The Kier molecular flexibility index (Phi) is 7.28. The maximum Gasteiger partial charge on any atom is 0.232 e. The molecule has 4 aliphatic rings. The van der Waals surface area contributed by atoms with Crippen LogP contribution in [0, 0.1) is 11.3 Å². The minimum atomic E-state index is -0.479. The molecule has 0 radical (unpaired) electrons. The third-order valence-corrected chi connectivity index (χ3v) is 10.3. The van der Waals surface area contributed by atoms with E-state index in [1.807, 2.05) is 6.07 Å². The van der Waals surface area contributed by atoms with E-state index in [-0.39, 0.29) is 41.1 Å². The lowest BCUT2D eigenvalue weighted by molar-refractivity contribution is -0.133. The first-order valence-electron chi connectivity index (χ1n) is 15.5. The van der Waals surface area contributed by atoms with Gasteiger partial charge in [-0.2, -0.15) is 0 Å². The minimum absolute atomic E-state index is 0.0139. The summed E-state index contributed by atoms with van der Waals surface area (Å²) in [5.74, 6) is 1.25. The second-order valence-corrected chi connectivity index (χ2v) is 13.2. The van der Waals surface area contributed by atoms with Crippen LogP contribution in [0.1, 0.15) is 117 Å². The molecule has 0 bridgehead atoms. The quantitative estimate of drug-likeness (QED) is 0.326. The molecule has 2 heterocycles. The van der Waals surface area contributed by atoms with Crippen LogP contribution >= 0.6 is 0 Å². The number of nitrogens with one attached hydrogen (secondary N) is 2. The summed E-state index contributed by atoms with van der Waals surface area (Å²) in [4.78, 5) is 27.2. The monoisotopic (exact) mass is 569 g/mol. The van der Waals surface area contributed by atoms with Gasteiger partial charge in [0.1, 0.15) is 5.75 Å². The predicted octanol–water partition coefficient (Wildman–Crippen LogP) is 6.26. The highest BCUT2D eigenvalue weighted by molar-refractivity contribution is 6.00. The molecule has 4 atom stereocenters. The van der Waals surface area contributed by atoms with Crippen molar-refractivity contribution in [2.75, 3.05) is 6.61 Å². The molecule has 222 valence electrons. The molecule has 7 nitrogen and oxygen atoms in total. The Bertz CT molecular complexity index is 1440. The van der Waals surface area contributed by atoms with Crippen LogP contribution in [0.2, 0.25) is 0 Å². The average Bonchev–Trinajstić information content (AvgIpc) is 3.72. The molecule has 2 aliphatic carbocycles. The molecule has 1 saturated carbocycles. The van der Waals surface area contributed by atoms with Gasteiger partial charge in [0.2, 0.25) is 5.91 Å². The number of aliphatic hydroxyl groups is 1. The van der Waals surface area contributed by atoms with E-state index in [0.717, 1.165) is 43.2 Å². The first-order chi connectivity index (χ1) is 20.1. The summed E-state index contributed by atoms with van der Waals surface area (Å²) in [6, 6.07) is 11.7. The minimum Gasteiger partial charge on any atom is -0.493 e. The van der Waals surface area contributed by atoms with Crippen molar-refractivity contribution in [3.8, 4) is 5.75 Å². The van der Waals surface area contributed by atoms with Crippen LogP contribution in [0.15, 0.2) is 42.5 Å². The van der Waals surface area contributed by atoms with E-state index in [9.17, 15) is 14.7 Å². The molecule has 2 fully saturated rings. The molecular weight excluding hydrogens is 526 g/mol. The Morgan fingerprint density at radius 2 is 2.00 bits per heavy atom. The molecule has 0 aromatic heterocycles. The molecule has 1 saturated heterocycles. The highest BCUT2D eigenvalue weighted by Gasteiger charge is 2.59. The molecule has 6 rings (SSSR count). The van der Waals surface area contributed by atoms with E-state index in [1.54, 1.807) is 17.0 Å². The molecule has 2 aromatic rings. The fraction of sp³-hybridized carbons (Fsp3) is 0.514. The Morgan fingerprint density at radius 1 is 1.21 bits per heavy atom. The highest BCUT2D eigenvalue weighted by Crippen LogP contribution is 2.62. The smallest absolute Gasteiger partial charge is 0.232 e. The van der Waals surface area contributed by atoms with Crippen LogP contribution in [-0.2, 0) is 10.2 Å². The molecular formula is C35H43N3O4. The van der Waals surface area contributed by atoms with Crippen LogP contribution in [0.4, 0.5) is 0 Å². The molecule has 1 spiro atoms. The Balaban J connectivity index is 1.14. The zero-order valence-electron chi connectivity index (χ0n) is 25.2. The lowest BCUT2D eigenvalue weighted by Gasteiger charge is -2.46. The largest absolute Gasteiger partial charge is 0.493 e. The van der Waals surface area contributed by atoms with Gasteiger partial charge in [0, 0.05) is 34.4 Å². The van der Waals surface area contributed by atoms with Gasteiger partial charge in [0.15, 0.2) is 11.7 Å². The number of benzene rings is 2. The van der Waals surface area contributed by atoms with Gasteiger partial charge >= 0.3 is 0 Å². The maximum absolute atomic E-state index is 13.6. The van der Waals surface area contributed by atoms with Gasteiger partial charge in [0.25, 0.3) is 0 Å². The maximum atomic E-state index is 13.6.